The molecule has 1 spiro atoms. The van der Waals surface area contributed by atoms with E-state index in [1.165, 1.54) is 12.0 Å². The highest BCUT2D eigenvalue weighted by atomic mass is 16.6. The molecule has 0 unspecified atom stereocenters. The maximum absolute atomic E-state index is 15.1. The first-order chi connectivity index (χ1) is 26.1. The zero-order valence-corrected chi connectivity index (χ0v) is 31.9. The van der Waals surface area contributed by atoms with Gasteiger partial charge >= 0.3 is 5.97 Å². The van der Waals surface area contributed by atoms with Crippen molar-refractivity contribution in [1.29, 1.82) is 0 Å². The van der Waals surface area contributed by atoms with Crippen LogP contribution in [0.1, 0.15) is 58.6 Å². The number of methoxy groups -OCH3 is 1. The van der Waals surface area contributed by atoms with Crippen LogP contribution in [0.5, 0.6) is 0 Å². The highest BCUT2D eigenvalue weighted by molar-refractivity contribution is 6.05. The summed E-state index contributed by atoms with van der Waals surface area (Å²) in [6, 6.07) is 14.3. The minimum atomic E-state index is -1.55. The number of hydrogen-bond acceptors (Lipinski definition) is 9. The lowest BCUT2D eigenvalue weighted by Crippen LogP contribution is -2.59. The fraction of sp³-hybridized carbons (Fsp3) is 0.524. The molecule has 3 amide bonds. The maximum Gasteiger partial charge on any atom is 0.313 e. The van der Waals surface area contributed by atoms with E-state index in [1.807, 2.05) is 74.5 Å². The lowest BCUT2D eigenvalue weighted by atomic mass is 9.77. The number of amides is 3. The lowest BCUT2D eigenvalue weighted by Gasteiger charge is -2.40. The van der Waals surface area contributed by atoms with Gasteiger partial charge in [-0.3, -0.25) is 19.2 Å². The van der Waals surface area contributed by atoms with E-state index >= 15 is 9.59 Å². The van der Waals surface area contributed by atoms with Crippen molar-refractivity contribution >= 4 is 35.1 Å². The minimum absolute atomic E-state index is 0.0667. The average Bonchev–Trinajstić information content (AvgIpc) is 3.57. The van der Waals surface area contributed by atoms with Crippen LogP contribution in [-0.2, 0) is 33.4 Å². The first-order valence-electron chi connectivity index (χ1n) is 19.3. The Morgan fingerprint density at radius 1 is 1.00 bits per heavy atom. The summed E-state index contributed by atoms with van der Waals surface area (Å²) in [7, 11) is 1.51. The molecule has 0 aliphatic carbocycles. The molecule has 0 aromatic heterocycles. The van der Waals surface area contributed by atoms with Crippen LogP contribution in [0.15, 0.2) is 78.9 Å². The first kappa shape index (κ1) is 39.2. The summed E-state index contributed by atoms with van der Waals surface area (Å²) < 4.78 is 18.8. The van der Waals surface area contributed by atoms with E-state index in [1.54, 1.807) is 23.1 Å². The van der Waals surface area contributed by atoms with Crippen LogP contribution < -0.4 is 15.1 Å². The summed E-state index contributed by atoms with van der Waals surface area (Å²) in [5.74, 6) is -4.17. The zero-order chi connectivity index (χ0) is 38.6. The summed E-state index contributed by atoms with van der Waals surface area (Å²) in [4.78, 5) is 63.5. The number of aliphatic hydroxyl groups excluding tert-OH is 1. The van der Waals surface area contributed by atoms with Crippen molar-refractivity contribution in [2.24, 2.45) is 17.8 Å². The number of benzene rings is 2. The molecule has 6 rings (SSSR count). The first-order valence-corrected chi connectivity index (χ1v) is 19.3. The third kappa shape index (κ3) is 7.19. The second-order valence-electron chi connectivity index (χ2n) is 14.6. The molecular weight excluding hydrogens is 688 g/mol. The number of rotatable bonds is 11. The fourth-order valence-corrected chi connectivity index (χ4v) is 8.66. The van der Waals surface area contributed by atoms with Gasteiger partial charge in [-0.2, -0.15) is 0 Å². The summed E-state index contributed by atoms with van der Waals surface area (Å²) in [6.07, 6.45) is 6.40. The highest BCUT2D eigenvalue weighted by Gasteiger charge is 2.73. The largest absolute Gasteiger partial charge is 0.455 e. The van der Waals surface area contributed by atoms with E-state index in [0.29, 0.717) is 24.1 Å². The monoisotopic (exact) mass is 742 g/mol. The van der Waals surface area contributed by atoms with Crippen LogP contribution in [0.2, 0.25) is 0 Å². The Morgan fingerprint density at radius 3 is 2.37 bits per heavy atom. The van der Waals surface area contributed by atoms with E-state index in [2.05, 4.69) is 24.1 Å². The van der Waals surface area contributed by atoms with Crippen LogP contribution in [0.3, 0.4) is 0 Å². The molecule has 2 saturated heterocycles. The number of anilines is 2. The predicted octanol–water partition coefficient (Wildman–Crippen LogP) is 4.19. The molecule has 2 N–H and O–H groups in total. The number of allylic oxidation sites excluding steroid dienone is 1. The number of carbonyl (C=O) groups excluding carboxylic acids is 4. The highest BCUT2D eigenvalue weighted by Crippen LogP contribution is 2.54. The standard InChI is InChI=1S/C42H54N4O8/c1-6-27(4)32(25-47)46-38-40(50)45(30-21-19-29(20-22-30)44(7-2)8-3)24-14-23-42(38)36(39(46)49)35-33(54-42)17-12-13-18-34(48)43-31(26-52-5)37(53-41(35)51)28-15-10-9-11-16-28/h9-12,14-17,19-23,27,31-33,35-38,47H,6-8,13,18,24-26H2,1-5H3,(H,43,48)/b17-12-/t27-,31+,32-,33+,35-,36-,37+,38+,42-/m0/s1. The molecular formula is C42H54N4O8. The van der Waals surface area contributed by atoms with E-state index in [9.17, 15) is 14.7 Å². The third-order valence-corrected chi connectivity index (χ3v) is 11.6. The van der Waals surface area contributed by atoms with Crippen molar-refractivity contribution in [1.82, 2.24) is 10.2 Å². The SMILES string of the molecule is CC[C@H](C)[C@H](CO)N1C(=O)[C@@H]2[C@H]3C(=O)O[C@H](c4ccccc4)[C@@H](COC)NC(=O)CC/C=C\[C@H]3O[C@@]23C=CCN(c2ccc(N(CC)CC)cc2)C(=O)[C@@H]13. The van der Waals surface area contributed by atoms with Crippen molar-refractivity contribution in [3.63, 3.8) is 0 Å². The Hall–Kier alpha value is -4.52. The number of nitrogens with zero attached hydrogens (tertiary/aromatic N) is 3. The van der Waals surface area contributed by atoms with E-state index in [4.69, 9.17) is 14.2 Å². The molecule has 12 nitrogen and oxygen atoms in total. The molecule has 54 heavy (non-hydrogen) atoms. The molecule has 2 aromatic rings. The van der Waals surface area contributed by atoms with Gasteiger partial charge in [0, 0.05) is 44.5 Å². The van der Waals surface area contributed by atoms with Gasteiger partial charge in [-0.15, -0.1) is 0 Å². The summed E-state index contributed by atoms with van der Waals surface area (Å²) in [5.41, 5.74) is 0.790. The molecule has 4 aliphatic rings. The maximum atomic E-state index is 15.1. The predicted molar refractivity (Wildman–Crippen MR) is 204 cm³/mol. The van der Waals surface area contributed by atoms with Gasteiger partial charge in [0.1, 0.15) is 23.7 Å². The van der Waals surface area contributed by atoms with Gasteiger partial charge < -0.3 is 39.3 Å². The van der Waals surface area contributed by atoms with Crippen LogP contribution >= 0.6 is 0 Å². The van der Waals surface area contributed by atoms with Crippen LogP contribution in [-0.4, -0.2) is 103 Å². The number of hydrogen-bond donors (Lipinski definition) is 2. The van der Waals surface area contributed by atoms with Gasteiger partial charge in [0.25, 0.3) is 5.91 Å². The molecule has 0 radical (unpaired) electrons. The van der Waals surface area contributed by atoms with Crippen LogP contribution in [0.25, 0.3) is 0 Å². The van der Waals surface area contributed by atoms with Gasteiger partial charge in [-0.1, -0.05) is 74.9 Å². The number of fused-ring (bicyclic) bond motifs is 2. The molecule has 2 aromatic carbocycles. The van der Waals surface area contributed by atoms with E-state index in [-0.39, 0.29) is 43.9 Å². The Bertz CT molecular complexity index is 1710. The Labute approximate surface area is 318 Å². The van der Waals surface area contributed by atoms with Gasteiger partial charge in [0.2, 0.25) is 11.8 Å². The number of nitrogens with one attached hydrogen (secondary N) is 1. The van der Waals surface area contributed by atoms with E-state index < -0.39 is 59.6 Å². The number of esters is 1. The second kappa shape index (κ2) is 16.9. The lowest BCUT2D eigenvalue weighted by molar-refractivity contribution is -0.163. The zero-order valence-electron chi connectivity index (χ0n) is 31.9. The molecule has 12 heteroatoms. The molecule has 4 heterocycles. The molecule has 0 bridgehead atoms. The summed E-state index contributed by atoms with van der Waals surface area (Å²) in [6.45, 7) is 9.69. The molecule has 2 fully saturated rings. The topological polar surface area (TPSA) is 138 Å². The van der Waals surface area contributed by atoms with Crippen LogP contribution in [0, 0.1) is 17.8 Å². The average molecular weight is 743 g/mol. The molecule has 4 aliphatic heterocycles. The normalized spacial score (nSPS) is 30.2. The van der Waals surface area contributed by atoms with Crippen molar-refractivity contribution in [3.05, 3.63) is 84.5 Å². The number of ether oxygens (including phenoxy) is 3. The second-order valence-corrected chi connectivity index (χ2v) is 14.6. The Balaban J connectivity index is 1.46. The van der Waals surface area contributed by atoms with Gasteiger partial charge in [-0.05, 0) is 56.0 Å². The van der Waals surface area contributed by atoms with Crippen LogP contribution in [0.4, 0.5) is 11.4 Å². The number of cyclic esters (lactones) is 1. The van der Waals surface area contributed by atoms with Crippen molar-refractivity contribution in [2.45, 2.75) is 82.9 Å². The number of carbonyl (C=O) groups is 4. The van der Waals surface area contributed by atoms with Crippen molar-refractivity contribution in [3.8, 4) is 0 Å². The summed E-state index contributed by atoms with van der Waals surface area (Å²) in [5, 5.41) is 13.8. The van der Waals surface area contributed by atoms with Gasteiger partial charge in [0.05, 0.1) is 37.3 Å². The molecule has 0 saturated carbocycles. The summed E-state index contributed by atoms with van der Waals surface area (Å²) >= 11 is 0. The van der Waals surface area contributed by atoms with E-state index in [0.717, 1.165) is 18.8 Å². The Kier molecular flexibility index (Phi) is 12.2. The third-order valence-electron chi connectivity index (χ3n) is 11.6. The van der Waals surface area contributed by atoms with Crippen molar-refractivity contribution in [2.75, 3.05) is 49.8 Å². The Morgan fingerprint density at radius 2 is 1.72 bits per heavy atom. The quantitative estimate of drug-likeness (QED) is 0.257. The van der Waals surface area contributed by atoms with Gasteiger partial charge in [0.15, 0.2) is 0 Å². The fourth-order valence-electron chi connectivity index (χ4n) is 8.66. The minimum Gasteiger partial charge on any atom is -0.455 e. The number of likely N-dealkylation sites (tertiary alicyclic amines) is 1. The number of aliphatic hydroxyl groups is 1. The smallest absolute Gasteiger partial charge is 0.313 e. The molecule has 290 valence electrons. The molecule has 9 atom stereocenters. The van der Waals surface area contributed by atoms with Gasteiger partial charge in [-0.25, -0.2) is 0 Å². The van der Waals surface area contributed by atoms with Crippen molar-refractivity contribution < 1.29 is 38.5 Å².